The second kappa shape index (κ2) is 4.12. The van der Waals surface area contributed by atoms with Crippen LogP contribution in [0.1, 0.15) is 49.4 Å². The Kier molecular flexibility index (Phi) is 2.72. The highest BCUT2D eigenvalue weighted by molar-refractivity contribution is 5.54. The normalized spacial score (nSPS) is 23.6. The van der Waals surface area contributed by atoms with Crippen LogP contribution >= 0.6 is 0 Å². The van der Waals surface area contributed by atoms with Crippen LogP contribution in [0.4, 0.5) is 0 Å². The first-order chi connectivity index (χ1) is 9.33. The van der Waals surface area contributed by atoms with E-state index in [1.807, 2.05) is 12.1 Å². The average molecular weight is 266 g/mol. The van der Waals surface area contributed by atoms with Gasteiger partial charge in [0.25, 0.3) is 0 Å². The van der Waals surface area contributed by atoms with E-state index in [1.54, 1.807) is 0 Å². The van der Waals surface area contributed by atoms with E-state index in [0.717, 1.165) is 6.42 Å². The Morgan fingerprint density at radius 2 is 1.55 bits per heavy atom. The lowest BCUT2D eigenvalue weighted by Gasteiger charge is -2.28. The molecular formula is C19H22O. The van der Waals surface area contributed by atoms with Crippen LogP contribution in [0.15, 0.2) is 42.5 Å². The van der Waals surface area contributed by atoms with E-state index in [4.69, 9.17) is 0 Å². The molecule has 2 aromatic carbocycles. The highest BCUT2D eigenvalue weighted by Gasteiger charge is 2.45. The Hall–Kier alpha value is -1.76. The maximum atomic E-state index is 9.89. The molecule has 0 radical (unpaired) electrons. The monoisotopic (exact) mass is 266 g/mol. The van der Waals surface area contributed by atoms with Crippen LogP contribution in [-0.2, 0) is 10.8 Å². The molecule has 0 aromatic heterocycles. The summed E-state index contributed by atoms with van der Waals surface area (Å²) in [6, 6.07) is 14.6. The summed E-state index contributed by atoms with van der Waals surface area (Å²) in [5.41, 5.74) is 5.37. The molecule has 1 N–H and O–H groups in total. The number of benzene rings is 2. The first-order valence-corrected chi connectivity index (χ1v) is 7.24. The molecule has 0 saturated carbocycles. The minimum Gasteiger partial charge on any atom is -0.508 e. The molecule has 0 saturated heterocycles. The van der Waals surface area contributed by atoms with Gasteiger partial charge in [0.05, 0.1) is 0 Å². The molecule has 1 aliphatic carbocycles. The molecule has 1 heteroatoms. The van der Waals surface area contributed by atoms with Crippen molar-refractivity contribution < 1.29 is 5.11 Å². The topological polar surface area (TPSA) is 20.2 Å². The number of aryl methyl sites for hydroxylation is 1. The fourth-order valence-corrected chi connectivity index (χ4v) is 3.83. The van der Waals surface area contributed by atoms with Gasteiger partial charge >= 0.3 is 0 Å². The SMILES string of the molecule is Cc1ccc(C2(C)CC(C)(C)c3ccc(O)cc32)cc1. The van der Waals surface area contributed by atoms with Gasteiger partial charge in [-0.15, -0.1) is 0 Å². The van der Waals surface area contributed by atoms with Crippen molar-refractivity contribution >= 4 is 0 Å². The molecular weight excluding hydrogens is 244 g/mol. The van der Waals surface area contributed by atoms with Crippen molar-refractivity contribution in [2.24, 2.45) is 0 Å². The Bertz CT molecular complexity index is 652. The predicted molar refractivity (Wildman–Crippen MR) is 83.4 cm³/mol. The van der Waals surface area contributed by atoms with Gasteiger partial charge in [0, 0.05) is 5.41 Å². The number of phenols is 1. The maximum absolute atomic E-state index is 9.89. The van der Waals surface area contributed by atoms with Crippen LogP contribution in [0.25, 0.3) is 0 Å². The summed E-state index contributed by atoms with van der Waals surface area (Å²) >= 11 is 0. The van der Waals surface area contributed by atoms with Gasteiger partial charge in [-0.25, -0.2) is 0 Å². The first kappa shape index (κ1) is 13.2. The van der Waals surface area contributed by atoms with E-state index < -0.39 is 0 Å². The summed E-state index contributed by atoms with van der Waals surface area (Å²) < 4.78 is 0. The largest absolute Gasteiger partial charge is 0.508 e. The molecule has 1 nitrogen and oxygen atoms in total. The van der Waals surface area contributed by atoms with Crippen molar-refractivity contribution in [2.45, 2.75) is 44.9 Å². The molecule has 0 bridgehead atoms. The van der Waals surface area contributed by atoms with E-state index in [1.165, 1.54) is 22.3 Å². The molecule has 0 heterocycles. The van der Waals surface area contributed by atoms with Crippen molar-refractivity contribution in [1.29, 1.82) is 0 Å². The van der Waals surface area contributed by atoms with Crippen LogP contribution in [-0.4, -0.2) is 5.11 Å². The third-order valence-electron chi connectivity index (χ3n) is 4.81. The maximum Gasteiger partial charge on any atom is 0.115 e. The van der Waals surface area contributed by atoms with Gasteiger partial charge < -0.3 is 5.11 Å². The molecule has 1 atom stereocenters. The second-order valence-corrected chi connectivity index (χ2v) is 6.99. The molecule has 1 aliphatic rings. The Labute approximate surface area is 121 Å². The average Bonchev–Trinajstić information content (AvgIpc) is 2.58. The molecule has 0 fully saturated rings. The van der Waals surface area contributed by atoms with Crippen LogP contribution in [0.5, 0.6) is 5.75 Å². The molecule has 1 unspecified atom stereocenters. The van der Waals surface area contributed by atoms with Gasteiger partial charge in [-0.3, -0.25) is 0 Å². The third-order valence-corrected chi connectivity index (χ3v) is 4.81. The molecule has 3 rings (SSSR count). The van der Waals surface area contributed by atoms with E-state index in [2.05, 4.69) is 58.0 Å². The highest BCUT2D eigenvalue weighted by Crippen LogP contribution is 2.53. The molecule has 0 spiro atoms. The van der Waals surface area contributed by atoms with E-state index in [0.29, 0.717) is 5.75 Å². The van der Waals surface area contributed by atoms with Crippen molar-refractivity contribution in [3.05, 3.63) is 64.7 Å². The summed E-state index contributed by atoms with van der Waals surface area (Å²) in [4.78, 5) is 0. The van der Waals surface area contributed by atoms with Crippen molar-refractivity contribution in [1.82, 2.24) is 0 Å². The Balaban J connectivity index is 2.21. The van der Waals surface area contributed by atoms with Gasteiger partial charge in [-0.05, 0) is 47.6 Å². The molecule has 0 amide bonds. The predicted octanol–water partition coefficient (Wildman–Crippen LogP) is 4.69. The lowest BCUT2D eigenvalue weighted by atomic mass is 9.75. The summed E-state index contributed by atoms with van der Waals surface area (Å²) in [7, 11) is 0. The summed E-state index contributed by atoms with van der Waals surface area (Å²) in [5, 5.41) is 9.89. The number of phenolic OH excluding ortho intramolecular Hbond substituents is 1. The minimum atomic E-state index is -0.0225. The van der Waals surface area contributed by atoms with Gasteiger partial charge in [0.2, 0.25) is 0 Å². The highest BCUT2D eigenvalue weighted by atomic mass is 16.3. The number of aromatic hydroxyl groups is 1. The third kappa shape index (κ3) is 1.84. The van der Waals surface area contributed by atoms with Crippen LogP contribution < -0.4 is 0 Å². The van der Waals surface area contributed by atoms with Crippen molar-refractivity contribution in [3.8, 4) is 5.75 Å². The smallest absolute Gasteiger partial charge is 0.115 e. The Morgan fingerprint density at radius 1 is 0.900 bits per heavy atom. The fourth-order valence-electron chi connectivity index (χ4n) is 3.83. The van der Waals surface area contributed by atoms with E-state index >= 15 is 0 Å². The van der Waals surface area contributed by atoms with Gasteiger partial charge in [0.15, 0.2) is 0 Å². The van der Waals surface area contributed by atoms with Crippen LogP contribution in [0.2, 0.25) is 0 Å². The van der Waals surface area contributed by atoms with Crippen molar-refractivity contribution in [3.63, 3.8) is 0 Å². The fraction of sp³-hybridized carbons (Fsp3) is 0.368. The van der Waals surface area contributed by atoms with E-state index in [-0.39, 0.29) is 10.8 Å². The number of rotatable bonds is 1. The summed E-state index contributed by atoms with van der Waals surface area (Å²) in [6.45, 7) is 9.00. The molecule has 0 aliphatic heterocycles. The number of hydrogen-bond acceptors (Lipinski definition) is 1. The van der Waals surface area contributed by atoms with Gasteiger partial charge in [-0.2, -0.15) is 0 Å². The Morgan fingerprint density at radius 3 is 2.20 bits per heavy atom. The number of fused-ring (bicyclic) bond motifs is 1. The zero-order valence-corrected chi connectivity index (χ0v) is 12.7. The second-order valence-electron chi connectivity index (χ2n) is 6.99. The summed E-state index contributed by atoms with van der Waals surface area (Å²) in [5.74, 6) is 0.361. The number of hydrogen-bond donors (Lipinski definition) is 1. The molecule has 104 valence electrons. The standard InChI is InChI=1S/C19H22O/c1-13-5-7-14(8-6-13)19(4)12-18(2,3)16-10-9-15(20)11-17(16)19/h5-11,20H,12H2,1-4H3. The van der Waals surface area contributed by atoms with Crippen LogP contribution in [0, 0.1) is 6.92 Å². The summed E-state index contributed by atoms with van der Waals surface area (Å²) in [6.07, 6.45) is 1.07. The van der Waals surface area contributed by atoms with Crippen LogP contribution in [0.3, 0.4) is 0 Å². The van der Waals surface area contributed by atoms with E-state index in [9.17, 15) is 5.11 Å². The molecule has 20 heavy (non-hydrogen) atoms. The zero-order valence-electron chi connectivity index (χ0n) is 12.7. The zero-order chi connectivity index (χ0) is 14.5. The van der Waals surface area contributed by atoms with Gasteiger partial charge in [-0.1, -0.05) is 56.7 Å². The lowest BCUT2D eigenvalue weighted by Crippen LogP contribution is -2.23. The first-order valence-electron chi connectivity index (χ1n) is 7.24. The molecule has 2 aromatic rings. The lowest BCUT2D eigenvalue weighted by molar-refractivity contribution is 0.424. The minimum absolute atomic E-state index is 0.0225. The van der Waals surface area contributed by atoms with Crippen molar-refractivity contribution in [2.75, 3.05) is 0 Å². The quantitative estimate of drug-likeness (QED) is 0.794. The van der Waals surface area contributed by atoms with Gasteiger partial charge in [0.1, 0.15) is 5.75 Å².